The molecule has 18 heteroatoms. The van der Waals surface area contributed by atoms with Crippen LogP contribution in [0.5, 0.6) is 0 Å². The van der Waals surface area contributed by atoms with Crippen molar-refractivity contribution in [2.24, 2.45) is 0 Å². The first-order chi connectivity index (χ1) is 30.7. The van der Waals surface area contributed by atoms with Crippen molar-refractivity contribution in [2.75, 3.05) is 85.0 Å². The molecular weight excluding hydrogens is 857 g/mol. The Morgan fingerprint density at radius 1 is 0.841 bits per heavy atom. The van der Waals surface area contributed by atoms with Gasteiger partial charge in [-0.15, -0.1) is 0 Å². The molecule has 0 saturated carbocycles. The standard InChI is InChI=1S/C45H60N2O14S2/c1-4-9-37-32(3)28-33-30-47-38(42(33)46-37)29-36-35(43(47)51)31-60-44(52)45(36,5-2)61-41(50)13-8-12-40(49)59-26-24-57-22-20-55-18-16-53-15-17-54-19-21-56-23-25-58-39(48)11-7-6-10-34-14-27-62-63-34/h4,9,28-29,34H,1,3,5-8,10-27,30-31H2,2H3. The molecule has 0 N–H and O–H groups in total. The molecule has 2 atom stereocenters. The molecular formula is C45H60N2O14S2. The maximum Gasteiger partial charge on any atom is 0.355 e. The number of aromatic nitrogens is 2. The summed E-state index contributed by atoms with van der Waals surface area (Å²) in [5, 5.41) is 2.03. The van der Waals surface area contributed by atoms with E-state index in [0.717, 1.165) is 23.7 Å². The minimum atomic E-state index is -1.83. The number of unbranched alkanes of at least 4 members (excludes halogenated alkanes) is 1. The van der Waals surface area contributed by atoms with E-state index in [1.54, 1.807) is 29.7 Å². The topological polar surface area (TPSA) is 186 Å². The van der Waals surface area contributed by atoms with Crippen molar-refractivity contribution in [1.82, 2.24) is 9.55 Å². The van der Waals surface area contributed by atoms with Crippen LogP contribution in [0.4, 0.5) is 0 Å². The van der Waals surface area contributed by atoms with Crippen LogP contribution in [-0.4, -0.2) is 124 Å². The van der Waals surface area contributed by atoms with Gasteiger partial charge >= 0.3 is 23.9 Å². The van der Waals surface area contributed by atoms with Crippen LogP contribution in [0.2, 0.25) is 0 Å². The van der Waals surface area contributed by atoms with Crippen LogP contribution in [0.15, 0.2) is 29.6 Å². The molecule has 346 valence electrons. The average molecular weight is 917 g/mol. The quantitative estimate of drug-likeness (QED) is 0.0405. The van der Waals surface area contributed by atoms with E-state index in [4.69, 9.17) is 47.6 Å². The zero-order valence-corrected chi connectivity index (χ0v) is 37.8. The van der Waals surface area contributed by atoms with Crippen LogP contribution in [-0.2, 0) is 80.6 Å². The molecule has 0 bridgehead atoms. The number of hydrogen-bond donors (Lipinski definition) is 0. The Labute approximate surface area is 375 Å². The fourth-order valence-corrected chi connectivity index (χ4v) is 10.2. The van der Waals surface area contributed by atoms with Gasteiger partial charge in [0.05, 0.1) is 94.9 Å². The monoisotopic (exact) mass is 916 g/mol. The summed E-state index contributed by atoms with van der Waals surface area (Å²) in [4.78, 5) is 69.0. The second-order valence-corrected chi connectivity index (χ2v) is 17.7. The first-order valence-electron chi connectivity index (χ1n) is 21.6. The highest BCUT2D eigenvalue weighted by Gasteiger charge is 2.50. The highest BCUT2D eigenvalue weighted by atomic mass is 33.1. The second kappa shape index (κ2) is 26.7. The zero-order chi connectivity index (χ0) is 44.9. The van der Waals surface area contributed by atoms with Crippen LogP contribution < -0.4 is 16.1 Å². The van der Waals surface area contributed by atoms with E-state index < -0.39 is 23.5 Å². The summed E-state index contributed by atoms with van der Waals surface area (Å²) < 4.78 is 50.6. The van der Waals surface area contributed by atoms with Gasteiger partial charge in [-0.05, 0) is 55.5 Å². The SMILES string of the molecule is C=CC=c1nc2c(cc1=C)Cn1c-2cc2c(c1=O)COC(=O)C2(CC)OC(=O)CCCC(=O)OCCOCCOCCOCCOCCOCCOC(=O)CCCCC1CCSS1. The van der Waals surface area contributed by atoms with Crippen molar-refractivity contribution in [3.05, 3.63) is 62.4 Å². The third-order valence-electron chi connectivity index (χ3n) is 10.5. The number of allylic oxidation sites excluding steroid dienone is 1. The number of carbonyl (C=O) groups is 4. The third kappa shape index (κ3) is 15.0. The van der Waals surface area contributed by atoms with Crippen molar-refractivity contribution in [3.63, 3.8) is 0 Å². The molecule has 2 aromatic heterocycles. The average Bonchev–Trinajstić information content (AvgIpc) is 3.92. The summed E-state index contributed by atoms with van der Waals surface area (Å²) in [6.45, 7) is 13.4. The maximum atomic E-state index is 13.7. The molecule has 2 aromatic rings. The Balaban J connectivity index is 0.852. The van der Waals surface area contributed by atoms with E-state index >= 15 is 0 Å². The molecule has 0 aliphatic carbocycles. The van der Waals surface area contributed by atoms with Gasteiger partial charge < -0.3 is 47.2 Å². The van der Waals surface area contributed by atoms with E-state index in [1.165, 1.54) is 18.6 Å². The van der Waals surface area contributed by atoms with Gasteiger partial charge in [0, 0.05) is 41.4 Å². The Morgan fingerprint density at radius 2 is 1.43 bits per heavy atom. The van der Waals surface area contributed by atoms with Gasteiger partial charge in [0.25, 0.3) is 5.56 Å². The summed E-state index contributed by atoms with van der Waals surface area (Å²) in [5.41, 5.74) is 0.193. The number of nitrogens with zero attached hydrogens (tertiary/aromatic N) is 2. The molecule has 1 saturated heterocycles. The fourth-order valence-electron chi connectivity index (χ4n) is 7.18. The molecule has 5 rings (SSSR count). The van der Waals surface area contributed by atoms with E-state index in [-0.39, 0.29) is 81.3 Å². The molecule has 0 aromatic carbocycles. The summed E-state index contributed by atoms with van der Waals surface area (Å²) >= 11 is 0. The summed E-state index contributed by atoms with van der Waals surface area (Å²) in [5.74, 6) is -0.933. The fraction of sp³-hybridized carbons (Fsp3) is 0.600. The molecule has 1 fully saturated rings. The van der Waals surface area contributed by atoms with Gasteiger partial charge in [-0.2, -0.15) is 0 Å². The molecule has 2 unspecified atom stereocenters. The smallest absolute Gasteiger partial charge is 0.355 e. The lowest BCUT2D eigenvalue weighted by Crippen LogP contribution is -2.47. The number of pyridine rings is 2. The van der Waals surface area contributed by atoms with Gasteiger partial charge in [0.15, 0.2) is 0 Å². The minimum Gasteiger partial charge on any atom is -0.463 e. The zero-order valence-electron chi connectivity index (χ0n) is 36.2. The molecule has 3 aliphatic rings. The summed E-state index contributed by atoms with van der Waals surface area (Å²) in [6.07, 6.45) is 8.09. The van der Waals surface area contributed by atoms with Crippen LogP contribution in [0.25, 0.3) is 24.0 Å². The highest BCUT2D eigenvalue weighted by Crippen LogP contribution is 2.41. The van der Waals surface area contributed by atoms with E-state index in [1.807, 2.05) is 27.7 Å². The molecule has 5 heterocycles. The summed E-state index contributed by atoms with van der Waals surface area (Å²) in [7, 11) is 3.91. The number of fused-ring (bicyclic) bond motifs is 4. The maximum absolute atomic E-state index is 13.7. The van der Waals surface area contributed by atoms with Crippen LogP contribution in [0.3, 0.4) is 0 Å². The highest BCUT2D eigenvalue weighted by molar-refractivity contribution is 8.77. The molecule has 3 aliphatic heterocycles. The molecule has 16 nitrogen and oxygen atoms in total. The van der Waals surface area contributed by atoms with Crippen molar-refractivity contribution in [1.29, 1.82) is 0 Å². The molecule has 0 amide bonds. The number of carbonyl (C=O) groups excluding carboxylic acids is 4. The number of ether oxygens (including phenoxy) is 9. The number of esters is 4. The Hall–Kier alpha value is -4.04. The lowest BCUT2D eigenvalue weighted by atomic mass is 9.85. The van der Waals surface area contributed by atoms with E-state index in [2.05, 4.69) is 13.2 Å². The van der Waals surface area contributed by atoms with Crippen molar-refractivity contribution >= 4 is 58.1 Å². The first kappa shape index (κ1) is 50.0. The lowest BCUT2D eigenvalue weighted by Gasteiger charge is -2.35. The number of cyclic esters (lactones) is 1. The number of hydrogen-bond acceptors (Lipinski definition) is 17. The van der Waals surface area contributed by atoms with Crippen LogP contribution >= 0.6 is 21.6 Å². The third-order valence-corrected chi connectivity index (χ3v) is 13.5. The Kier molecular flexibility index (Phi) is 21.2. The Bertz CT molecular complexity index is 2040. The molecule has 0 radical (unpaired) electrons. The van der Waals surface area contributed by atoms with Gasteiger partial charge in [-0.25, -0.2) is 9.78 Å². The van der Waals surface area contributed by atoms with Crippen LogP contribution in [0, 0.1) is 0 Å². The van der Waals surface area contributed by atoms with Gasteiger partial charge in [-0.3, -0.25) is 19.2 Å². The van der Waals surface area contributed by atoms with Crippen molar-refractivity contribution < 1.29 is 61.8 Å². The van der Waals surface area contributed by atoms with Gasteiger partial charge in [-0.1, -0.05) is 54.2 Å². The van der Waals surface area contributed by atoms with Gasteiger partial charge in [0.2, 0.25) is 5.60 Å². The predicted molar refractivity (Wildman–Crippen MR) is 237 cm³/mol. The second-order valence-electron chi connectivity index (χ2n) is 14.9. The van der Waals surface area contributed by atoms with Crippen molar-refractivity contribution in [3.8, 4) is 11.4 Å². The van der Waals surface area contributed by atoms with E-state index in [9.17, 15) is 24.0 Å². The molecule has 63 heavy (non-hydrogen) atoms. The largest absolute Gasteiger partial charge is 0.463 e. The minimum absolute atomic E-state index is 0.0257. The van der Waals surface area contributed by atoms with Crippen LogP contribution in [0.1, 0.15) is 81.4 Å². The van der Waals surface area contributed by atoms with Gasteiger partial charge in [0.1, 0.15) is 19.8 Å². The summed E-state index contributed by atoms with van der Waals surface area (Å²) in [6, 6.07) is 3.56. The molecule has 0 spiro atoms. The predicted octanol–water partition coefficient (Wildman–Crippen LogP) is 3.91. The number of rotatable bonds is 30. The van der Waals surface area contributed by atoms with E-state index in [0.29, 0.717) is 87.8 Å². The lowest BCUT2D eigenvalue weighted by molar-refractivity contribution is -0.189. The first-order valence-corrected chi connectivity index (χ1v) is 24.0. The Morgan fingerprint density at radius 3 is 2.00 bits per heavy atom. The van der Waals surface area contributed by atoms with Crippen molar-refractivity contribution in [2.45, 2.75) is 88.7 Å². The normalized spacial score (nSPS) is 17.8.